The molecule has 1 aromatic heterocycles. The Bertz CT molecular complexity index is 589. The zero-order valence-corrected chi connectivity index (χ0v) is 9.53. The zero-order chi connectivity index (χ0) is 13.1. The fraction of sp³-hybridized carbons (Fsp3) is 0.0833. The molecular formula is C12H10N2O4. The lowest BCUT2D eigenvalue weighted by molar-refractivity contribution is 0.0593. The van der Waals surface area contributed by atoms with Crippen LogP contribution in [0.5, 0.6) is 0 Å². The van der Waals surface area contributed by atoms with Crippen molar-refractivity contribution in [3.8, 4) is 5.69 Å². The molecule has 92 valence electrons. The van der Waals surface area contributed by atoms with Crippen molar-refractivity contribution < 1.29 is 19.4 Å². The van der Waals surface area contributed by atoms with Gasteiger partial charge >= 0.3 is 11.9 Å². The van der Waals surface area contributed by atoms with Crippen molar-refractivity contribution in [2.45, 2.75) is 0 Å². The summed E-state index contributed by atoms with van der Waals surface area (Å²) in [5.74, 6) is -1.84. The number of esters is 1. The van der Waals surface area contributed by atoms with Crippen LogP contribution in [0, 0.1) is 0 Å². The summed E-state index contributed by atoms with van der Waals surface area (Å²) < 4.78 is 5.70. The maximum Gasteiger partial charge on any atom is 0.358 e. The van der Waals surface area contributed by atoms with E-state index in [1.807, 2.05) is 0 Å². The Morgan fingerprint density at radius 3 is 2.50 bits per heavy atom. The average molecular weight is 246 g/mol. The van der Waals surface area contributed by atoms with Gasteiger partial charge in [0.15, 0.2) is 11.4 Å². The number of nitrogens with zero attached hydrogens (tertiary/aromatic N) is 2. The first kappa shape index (κ1) is 11.8. The Labute approximate surface area is 102 Å². The van der Waals surface area contributed by atoms with E-state index in [9.17, 15) is 9.59 Å². The third kappa shape index (κ3) is 2.08. The molecule has 0 aliphatic rings. The number of methoxy groups -OCH3 is 1. The molecule has 1 aromatic carbocycles. The quantitative estimate of drug-likeness (QED) is 0.827. The molecule has 0 radical (unpaired) electrons. The molecule has 0 aliphatic heterocycles. The SMILES string of the molecule is COC(=O)c1cc(C(=O)O)n(-c2ccccc2)n1. The minimum atomic E-state index is -1.17. The first-order chi connectivity index (χ1) is 8.63. The lowest BCUT2D eigenvalue weighted by Gasteiger charge is -2.03. The molecule has 0 unspecified atom stereocenters. The minimum absolute atomic E-state index is 0.0428. The van der Waals surface area contributed by atoms with Crippen molar-refractivity contribution >= 4 is 11.9 Å². The third-order valence-corrected chi connectivity index (χ3v) is 2.32. The van der Waals surface area contributed by atoms with Gasteiger partial charge in [0.1, 0.15) is 0 Å². The maximum absolute atomic E-state index is 11.3. The molecule has 0 bridgehead atoms. The lowest BCUT2D eigenvalue weighted by Crippen LogP contribution is -2.08. The summed E-state index contributed by atoms with van der Waals surface area (Å²) in [4.78, 5) is 22.4. The molecule has 18 heavy (non-hydrogen) atoms. The Balaban J connectivity index is 2.56. The van der Waals surface area contributed by atoms with E-state index in [2.05, 4.69) is 9.84 Å². The first-order valence-electron chi connectivity index (χ1n) is 5.10. The van der Waals surface area contributed by atoms with Gasteiger partial charge in [-0.3, -0.25) is 0 Å². The molecule has 0 amide bonds. The van der Waals surface area contributed by atoms with Crippen molar-refractivity contribution in [1.82, 2.24) is 9.78 Å². The van der Waals surface area contributed by atoms with E-state index < -0.39 is 11.9 Å². The number of carbonyl (C=O) groups is 2. The minimum Gasteiger partial charge on any atom is -0.477 e. The summed E-state index contributed by atoms with van der Waals surface area (Å²) in [5, 5.41) is 13.0. The molecule has 0 saturated carbocycles. The third-order valence-electron chi connectivity index (χ3n) is 2.32. The summed E-state index contributed by atoms with van der Waals surface area (Å²) in [6.07, 6.45) is 0. The fourth-order valence-electron chi connectivity index (χ4n) is 1.50. The summed E-state index contributed by atoms with van der Waals surface area (Å²) in [6.45, 7) is 0. The first-order valence-corrected chi connectivity index (χ1v) is 5.10. The van der Waals surface area contributed by atoms with Crippen LogP contribution in [0.15, 0.2) is 36.4 Å². The highest BCUT2D eigenvalue weighted by Gasteiger charge is 2.19. The van der Waals surface area contributed by atoms with Gasteiger partial charge in [-0.2, -0.15) is 5.10 Å². The summed E-state index contributed by atoms with van der Waals surface area (Å²) in [5.41, 5.74) is 0.422. The van der Waals surface area contributed by atoms with Crippen LogP contribution in [0.3, 0.4) is 0 Å². The van der Waals surface area contributed by atoms with E-state index in [4.69, 9.17) is 5.11 Å². The molecular weight excluding hydrogens is 236 g/mol. The maximum atomic E-state index is 11.3. The Hall–Kier alpha value is -2.63. The fourth-order valence-corrected chi connectivity index (χ4v) is 1.50. The number of para-hydroxylation sites is 1. The molecule has 1 heterocycles. The molecule has 2 aromatic rings. The zero-order valence-electron chi connectivity index (χ0n) is 9.53. The second-order valence-corrected chi connectivity index (χ2v) is 3.46. The number of carboxylic acids is 1. The van der Waals surface area contributed by atoms with E-state index >= 15 is 0 Å². The van der Waals surface area contributed by atoms with Gasteiger partial charge in [-0.1, -0.05) is 18.2 Å². The van der Waals surface area contributed by atoms with Crippen LogP contribution in [-0.4, -0.2) is 33.9 Å². The Morgan fingerprint density at radius 2 is 1.94 bits per heavy atom. The monoisotopic (exact) mass is 246 g/mol. The number of hydrogen-bond acceptors (Lipinski definition) is 4. The van der Waals surface area contributed by atoms with Crippen molar-refractivity contribution in [3.63, 3.8) is 0 Å². The predicted octanol–water partition coefficient (Wildman–Crippen LogP) is 1.36. The Kier molecular flexibility index (Phi) is 3.09. The highest BCUT2D eigenvalue weighted by molar-refractivity contribution is 5.92. The van der Waals surface area contributed by atoms with Crippen LogP contribution in [0.25, 0.3) is 5.69 Å². The summed E-state index contributed by atoms with van der Waals surface area (Å²) in [7, 11) is 1.21. The van der Waals surface area contributed by atoms with Crippen LogP contribution in [0.1, 0.15) is 21.0 Å². The summed E-state index contributed by atoms with van der Waals surface area (Å²) in [6, 6.07) is 9.87. The van der Waals surface area contributed by atoms with Crippen LogP contribution in [0.2, 0.25) is 0 Å². The van der Waals surface area contributed by atoms with E-state index in [1.54, 1.807) is 30.3 Å². The molecule has 6 nitrogen and oxygen atoms in total. The predicted molar refractivity (Wildman–Crippen MR) is 61.9 cm³/mol. The van der Waals surface area contributed by atoms with Crippen LogP contribution >= 0.6 is 0 Å². The van der Waals surface area contributed by atoms with E-state index in [1.165, 1.54) is 17.9 Å². The number of benzene rings is 1. The Morgan fingerprint density at radius 1 is 1.28 bits per heavy atom. The largest absolute Gasteiger partial charge is 0.477 e. The number of carboxylic acid groups (broad SMARTS) is 1. The molecule has 0 spiro atoms. The van der Waals surface area contributed by atoms with Gasteiger partial charge in [-0.15, -0.1) is 0 Å². The number of hydrogen-bond donors (Lipinski definition) is 1. The smallest absolute Gasteiger partial charge is 0.358 e. The number of carbonyl (C=O) groups excluding carboxylic acids is 1. The normalized spacial score (nSPS) is 10.1. The summed E-state index contributed by atoms with van der Waals surface area (Å²) >= 11 is 0. The molecule has 2 rings (SSSR count). The van der Waals surface area contributed by atoms with Crippen molar-refractivity contribution in [3.05, 3.63) is 47.8 Å². The highest BCUT2D eigenvalue weighted by Crippen LogP contribution is 2.13. The van der Waals surface area contributed by atoms with Crippen LogP contribution in [-0.2, 0) is 4.74 Å². The van der Waals surface area contributed by atoms with Gasteiger partial charge in [0.05, 0.1) is 12.8 Å². The average Bonchev–Trinajstić information content (AvgIpc) is 2.84. The number of rotatable bonds is 3. The second kappa shape index (κ2) is 4.70. The molecule has 0 saturated heterocycles. The van der Waals surface area contributed by atoms with E-state index in [-0.39, 0.29) is 11.4 Å². The van der Waals surface area contributed by atoms with Crippen molar-refractivity contribution in [2.24, 2.45) is 0 Å². The molecule has 6 heteroatoms. The lowest BCUT2D eigenvalue weighted by atomic mass is 10.3. The van der Waals surface area contributed by atoms with Crippen LogP contribution < -0.4 is 0 Å². The van der Waals surface area contributed by atoms with Crippen molar-refractivity contribution in [2.75, 3.05) is 7.11 Å². The van der Waals surface area contributed by atoms with Crippen LogP contribution in [0.4, 0.5) is 0 Å². The van der Waals surface area contributed by atoms with E-state index in [0.717, 1.165) is 0 Å². The van der Waals surface area contributed by atoms with Crippen molar-refractivity contribution in [1.29, 1.82) is 0 Å². The van der Waals surface area contributed by atoms with Gasteiger partial charge in [-0.25, -0.2) is 14.3 Å². The van der Waals surface area contributed by atoms with Gasteiger partial charge < -0.3 is 9.84 Å². The number of ether oxygens (including phenoxy) is 1. The number of aromatic nitrogens is 2. The van der Waals surface area contributed by atoms with Gasteiger partial charge in [0.25, 0.3) is 0 Å². The highest BCUT2D eigenvalue weighted by atomic mass is 16.5. The topological polar surface area (TPSA) is 81.4 Å². The number of aromatic carboxylic acids is 1. The van der Waals surface area contributed by atoms with E-state index in [0.29, 0.717) is 5.69 Å². The molecule has 0 fully saturated rings. The molecule has 0 aliphatic carbocycles. The molecule has 1 N–H and O–H groups in total. The standard InChI is InChI=1S/C12H10N2O4/c1-18-12(17)9-7-10(11(15)16)14(13-9)8-5-3-2-4-6-8/h2-7H,1H3,(H,15,16). The second-order valence-electron chi connectivity index (χ2n) is 3.46. The van der Waals surface area contributed by atoms with Gasteiger partial charge in [-0.05, 0) is 12.1 Å². The van der Waals surface area contributed by atoms with Gasteiger partial charge in [0, 0.05) is 6.07 Å². The molecule has 0 atom stereocenters. The van der Waals surface area contributed by atoms with Gasteiger partial charge in [0.2, 0.25) is 0 Å².